The van der Waals surface area contributed by atoms with Crippen LogP contribution in [0.2, 0.25) is 0 Å². The van der Waals surface area contributed by atoms with E-state index < -0.39 is 5.82 Å². The van der Waals surface area contributed by atoms with E-state index in [1.54, 1.807) is 12.1 Å². The molecule has 1 fully saturated rings. The van der Waals surface area contributed by atoms with Crippen LogP contribution < -0.4 is 15.5 Å². The van der Waals surface area contributed by atoms with Crippen LogP contribution in [0, 0.1) is 5.82 Å². The van der Waals surface area contributed by atoms with Gasteiger partial charge in [0.2, 0.25) is 0 Å². The maximum Gasteiger partial charge on any atom is 0.253 e. The van der Waals surface area contributed by atoms with E-state index in [1.165, 1.54) is 12.1 Å². The smallest absolute Gasteiger partial charge is 0.253 e. The molecule has 102 valence electrons. The Morgan fingerprint density at radius 1 is 1.47 bits per heavy atom. The normalized spacial score (nSPS) is 15.1. The van der Waals surface area contributed by atoms with Crippen LogP contribution in [0.4, 0.5) is 10.1 Å². The van der Waals surface area contributed by atoms with Gasteiger partial charge in [-0.15, -0.1) is 6.58 Å². The largest absolute Gasteiger partial charge is 0.368 e. The third-order valence-electron chi connectivity index (χ3n) is 3.07. The zero-order valence-electron chi connectivity index (χ0n) is 10.8. The first kappa shape index (κ1) is 13.5. The maximum atomic E-state index is 13.4. The summed E-state index contributed by atoms with van der Waals surface area (Å²) in [6.45, 7) is 7.28. The Hall–Kier alpha value is -1.88. The van der Waals surface area contributed by atoms with Gasteiger partial charge in [-0.1, -0.05) is 6.08 Å². The first-order valence-electron chi connectivity index (χ1n) is 6.36. The van der Waals surface area contributed by atoms with Crippen molar-refractivity contribution in [2.45, 2.75) is 0 Å². The minimum absolute atomic E-state index is 0.270. The van der Waals surface area contributed by atoms with Crippen LogP contribution in [0.3, 0.4) is 0 Å². The Kier molecular flexibility index (Phi) is 4.52. The van der Waals surface area contributed by atoms with Gasteiger partial charge in [0.15, 0.2) is 0 Å². The predicted molar refractivity (Wildman–Crippen MR) is 74.0 cm³/mol. The highest BCUT2D eigenvalue weighted by molar-refractivity contribution is 5.99. The Bertz CT molecular complexity index is 470. The number of piperazine rings is 1. The van der Waals surface area contributed by atoms with Crippen molar-refractivity contribution in [1.82, 2.24) is 10.6 Å². The third-order valence-corrected chi connectivity index (χ3v) is 3.07. The van der Waals surface area contributed by atoms with Crippen LogP contribution in [0.5, 0.6) is 0 Å². The lowest BCUT2D eigenvalue weighted by Crippen LogP contribution is -2.44. The lowest BCUT2D eigenvalue weighted by Gasteiger charge is -2.30. The van der Waals surface area contributed by atoms with Gasteiger partial charge in [0, 0.05) is 38.4 Å². The minimum atomic E-state index is -0.400. The molecule has 1 aromatic carbocycles. The summed E-state index contributed by atoms with van der Waals surface area (Å²) < 4.78 is 13.4. The summed E-state index contributed by atoms with van der Waals surface area (Å²) in [5, 5.41) is 5.94. The topological polar surface area (TPSA) is 44.4 Å². The van der Waals surface area contributed by atoms with Gasteiger partial charge in [0.05, 0.1) is 5.56 Å². The summed E-state index contributed by atoms with van der Waals surface area (Å²) >= 11 is 0. The highest BCUT2D eigenvalue weighted by atomic mass is 19.1. The second kappa shape index (κ2) is 6.33. The van der Waals surface area contributed by atoms with Gasteiger partial charge in [-0.05, 0) is 18.2 Å². The highest BCUT2D eigenvalue weighted by Gasteiger charge is 2.18. The molecule has 0 radical (unpaired) electrons. The van der Waals surface area contributed by atoms with Crippen molar-refractivity contribution in [1.29, 1.82) is 0 Å². The maximum absolute atomic E-state index is 13.4. The summed E-state index contributed by atoms with van der Waals surface area (Å²) in [6, 6.07) is 4.35. The molecule has 1 amide bonds. The Morgan fingerprint density at radius 2 is 2.21 bits per heavy atom. The highest BCUT2D eigenvalue weighted by Crippen LogP contribution is 2.22. The van der Waals surface area contributed by atoms with Crippen molar-refractivity contribution in [2.24, 2.45) is 0 Å². The fraction of sp³-hybridized carbons (Fsp3) is 0.357. The number of carbonyl (C=O) groups is 1. The van der Waals surface area contributed by atoms with Crippen LogP contribution >= 0.6 is 0 Å². The zero-order valence-corrected chi connectivity index (χ0v) is 10.8. The molecule has 2 rings (SSSR count). The van der Waals surface area contributed by atoms with E-state index in [2.05, 4.69) is 22.1 Å². The summed E-state index contributed by atoms with van der Waals surface area (Å²) in [6.07, 6.45) is 1.60. The first-order valence-corrected chi connectivity index (χ1v) is 6.36. The van der Waals surface area contributed by atoms with E-state index in [9.17, 15) is 9.18 Å². The lowest BCUT2D eigenvalue weighted by atomic mass is 10.1. The number of benzene rings is 1. The van der Waals surface area contributed by atoms with E-state index in [1.807, 2.05) is 0 Å². The molecule has 0 saturated carbocycles. The van der Waals surface area contributed by atoms with E-state index in [0.29, 0.717) is 12.1 Å². The molecule has 0 aliphatic carbocycles. The number of rotatable bonds is 4. The number of amides is 1. The molecule has 0 bridgehead atoms. The van der Waals surface area contributed by atoms with E-state index in [0.717, 1.165) is 31.9 Å². The van der Waals surface area contributed by atoms with Crippen molar-refractivity contribution in [3.63, 3.8) is 0 Å². The molecule has 1 aliphatic rings. The number of carbonyl (C=O) groups excluding carboxylic acids is 1. The molecule has 19 heavy (non-hydrogen) atoms. The van der Waals surface area contributed by atoms with Crippen molar-refractivity contribution < 1.29 is 9.18 Å². The number of anilines is 1. The van der Waals surface area contributed by atoms with E-state index in [-0.39, 0.29) is 5.91 Å². The molecule has 4 nitrogen and oxygen atoms in total. The third kappa shape index (κ3) is 3.32. The van der Waals surface area contributed by atoms with Gasteiger partial charge in [0.1, 0.15) is 5.82 Å². The van der Waals surface area contributed by atoms with E-state index >= 15 is 0 Å². The number of hydrogen-bond acceptors (Lipinski definition) is 3. The summed E-state index contributed by atoms with van der Waals surface area (Å²) in [5.41, 5.74) is 1.16. The summed E-state index contributed by atoms with van der Waals surface area (Å²) in [5.74, 6) is -0.671. The number of hydrogen-bond donors (Lipinski definition) is 2. The minimum Gasteiger partial charge on any atom is -0.368 e. The molecule has 0 unspecified atom stereocenters. The van der Waals surface area contributed by atoms with Gasteiger partial charge in [-0.25, -0.2) is 4.39 Å². The second-order valence-electron chi connectivity index (χ2n) is 4.40. The average molecular weight is 263 g/mol. The molecular weight excluding hydrogens is 245 g/mol. The monoisotopic (exact) mass is 263 g/mol. The average Bonchev–Trinajstić information content (AvgIpc) is 2.45. The van der Waals surface area contributed by atoms with E-state index in [4.69, 9.17) is 0 Å². The number of halogens is 1. The van der Waals surface area contributed by atoms with Gasteiger partial charge >= 0.3 is 0 Å². The molecule has 0 aromatic heterocycles. The second-order valence-corrected chi connectivity index (χ2v) is 4.40. The van der Waals surface area contributed by atoms with Crippen molar-refractivity contribution in [3.8, 4) is 0 Å². The van der Waals surface area contributed by atoms with Gasteiger partial charge in [0.25, 0.3) is 5.91 Å². The number of nitrogens with one attached hydrogen (secondary N) is 2. The van der Waals surface area contributed by atoms with Gasteiger partial charge < -0.3 is 15.5 Å². The SMILES string of the molecule is C=CCNC(=O)c1cc(F)ccc1N1CCNCC1. The molecule has 1 aromatic rings. The first-order chi connectivity index (χ1) is 9.22. The quantitative estimate of drug-likeness (QED) is 0.801. The zero-order chi connectivity index (χ0) is 13.7. The van der Waals surface area contributed by atoms with Crippen LogP contribution in [0.25, 0.3) is 0 Å². The molecule has 1 heterocycles. The molecule has 1 aliphatic heterocycles. The van der Waals surface area contributed by atoms with Crippen LogP contribution in [0.1, 0.15) is 10.4 Å². The van der Waals surface area contributed by atoms with Gasteiger partial charge in [-0.3, -0.25) is 4.79 Å². The van der Waals surface area contributed by atoms with Crippen LogP contribution in [-0.4, -0.2) is 38.6 Å². The van der Waals surface area contributed by atoms with Crippen LogP contribution in [-0.2, 0) is 0 Å². The van der Waals surface area contributed by atoms with Crippen molar-refractivity contribution >= 4 is 11.6 Å². The van der Waals surface area contributed by atoms with Crippen molar-refractivity contribution in [3.05, 3.63) is 42.2 Å². The predicted octanol–water partition coefficient (Wildman–Crippen LogP) is 1.15. The molecule has 0 spiro atoms. The Morgan fingerprint density at radius 3 is 2.89 bits per heavy atom. The molecule has 1 saturated heterocycles. The molecule has 5 heteroatoms. The lowest BCUT2D eigenvalue weighted by molar-refractivity contribution is 0.0958. The fourth-order valence-electron chi connectivity index (χ4n) is 2.13. The fourth-order valence-corrected chi connectivity index (χ4v) is 2.13. The molecular formula is C14H18FN3O. The number of nitrogens with zero attached hydrogens (tertiary/aromatic N) is 1. The van der Waals surface area contributed by atoms with Crippen molar-refractivity contribution in [2.75, 3.05) is 37.6 Å². The Labute approximate surface area is 112 Å². The van der Waals surface area contributed by atoms with Crippen LogP contribution in [0.15, 0.2) is 30.9 Å². The molecule has 0 atom stereocenters. The summed E-state index contributed by atoms with van der Waals surface area (Å²) in [7, 11) is 0. The Balaban J connectivity index is 2.26. The molecule has 2 N–H and O–H groups in total. The summed E-state index contributed by atoms with van der Waals surface area (Å²) in [4.78, 5) is 14.1. The standard InChI is InChI=1S/C14H18FN3O/c1-2-5-17-14(19)12-10-11(15)3-4-13(12)18-8-6-16-7-9-18/h2-4,10,16H,1,5-9H2,(H,17,19). The van der Waals surface area contributed by atoms with Gasteiger partial charge in [-0.2, -0.15) is 0 Å².